The number of rotatable bonds is 4. The van der Waals surface area contributed by atoms with Crippen LogP contribution in [0.1, 0.15) is 0 Å². The number of hydrogen-bond acceptors (Lipinski definition) is 6. The molecule has 146 valence electrons. The van der Waals surface area contributed by atoms with Crippen molar-refractivity contribution in [3.8, 4) is 11.5 Å². The van der Waals surface area contributed by atoms with Crippen molar-refractivity contribution < 1.29 is 13.9 Å². The quantitative estimate of drug-likeness (QED) is 0.619. The molecule has 1 saturated heterocycles. The van der Waals surface area contributed by atoms with Crippen LogP contribution in [0.4, 0.5) is 15.9 Å². The summed E-state index contributed by atoms with van der Waals surface area (Å²) in [5, 5.41) is 1.05. The van der Waals surface area contributed by atoms with E-state index >= 15 is 0 Å². The zero-order valence-corrected chi connectivity index (χ0v) is 16.4. The van der Waals surface area contributed by atoms with E-state index in [1.54, 1.807) is 32.4 Å². The Morgan fingerprint density at radius 2 is 1.50 bits per heavy atom. The van der Waals surface area contributed by atoms with E-state index in [9.17, 15) is 4.39 Å². The van der Waals surface area contributed by atoms with Crippen LogP contribution in [-0.2, 0) is 0 Å². The van der Waals surface area contributed by atoms with Gasteiger partial charge in [0, 0.05) is 43.3 Å². The summed E-state index contributed by atoms with van der Waals surface area (Å²) in [7, 11) is 3.18. The highest BCUT2D eigenvalue weighted by atomic mass is 35.5. The number of methoxy groups -OCH3 is 2. The van der Waals surface area contributed by atoms with E-state index in [2.05, 4.69) is 19.8 Å². The molecule has 1 aromatic heterocycles. The van der Waals surface area contributed by atoms with Crippen molar-refractivity contribution in [1.29, 1.82) is 0 Å². The Hall–Kier alpha value is -2.80. The molecule has 4 rings (SSSR count). The Morgan fingerprint density at radius 3 is 2.14 bits per heavy atom. The van der Waals surface area contributed by atoms with E-state index in [1.807, 2.05) is 6.07 Å². The predicted octanol–water partition coefficient (Wildman–Crippen LogP) is 3.77. The zero-order valence-electron chi connectivity index (χ0n) is 15.7. The average molecular weight is 403 g/mol. The first-order chi connectivity index (χ1) is 13.6. The van der Waals surface area contributed by atoms with Gasteiger partial charge in [0.25, 0.3) is 0 Å². The van der Waals surface area contributed by atoms with Crippen LogP contribution in [0.25, 0.3) is 10.9 Å². The van der Waals surface area contributed by atoms with Crippen molar-refractivity contribution in [3.05, 3.63) is 47.5 Å². The van der Waals surface area contributed by atoms with Gasteiger partial charge in [0.1, 0.15) is 11.6 Å². The maximum Gasteiger partial charge on any atom is 0.224 e. The van der Waals surface area contributed by atoms with Crippen molar-refractivity contribution >= 4 is 34.0 Å². The van der Waals surface area contributed by atoms with Gasteiger partial charge >= 0.3 is 0 Å². The first kappa shape index (κ1) is 18.6. The van der Waals surface area contributed by atoms with Crippen LogP contribution in [0.3, 0.4) is 0 Å². The van der Waals surface area contributed by atoms with Crippen LogP contribution in [-0.4, -0.2) is 50.4 Å². The Morgan fingerprint density at radius 1 is 0.893 bits per heavy atom. The van der Waals surface area contributed by atoms with Gasteiger partial charge in [-0.3, -0.25) is 0 Å². The van der Waals surface area contributed by atoms with E-state index in [0.29, 0.717) is 17.0 Å². The molecule has 6 nitrogen and oxygen atoms in total. The predicted molar refractivity (Wildman–Crippen MR) is 108 cm³/mol. The first-order valence-electron chi connectivity index (χ1n) is 8.94. The van der Waals surface area contributed by atoms with Crippen LogP contribution in [0.5, 0.6) is 11.5 Å². The summed E-state index contributed by atoms with van der Waals surface area (Å²) >= 11 is 6.18. The third-order valence-electron chi connectivity index (χ3n) is 4.92. The van der Waals surface area contributed by atoms with Crippen LogP contribution in [0, 0.1) is 5.82 Å². The smallest absolute Gasteiger partial charge is 0.224 e. The Bertz CT molecular complexity index is 992. The lowest BCUT2D eigenvalue weighted by atomic mass is 10.1. The third-order valence-corrected chi connectivity index (χ3v) is 5.09. The third kappa shape index (κ3) is 3.49. The molecule has 8 heteroatoms. The van der Waals surface area contributed by atoms with Gasteiger partial charge in [0.15, 0.2) is 11.5 Å². The summed E-state index contributed by atoms with van der Waals surface area (Å²) in [5.41, 5.74) is 1.71. The van der Waals surface area contributed by atoms with E-state index in [4.69, 9.17) is 21.1 Å². The summed E-state index contributed by atoms with van der Waals surface area (Å²) < 4.78 is 24.0. The van der Waals surface area contributed by atoms with Gasteiger partial charge in [0.05, 0.1) is 19.7 Å². The van der Waals surface area contributed by atoms with Gasteiger partial charge in [-0.25, -0.2) is 9.37 Å². The number of fused-ring (bicyclic) bond motifs is 1. The fourth-order valence-electron chi connectivity index (χ4n) is 3.48. The summed E-state index contributed by atoms with van der Waals surface area (Å²) in [5.74, 6) is 1.76. The minimum absolute atomic E-state index is 0.190. The van der Waals surface area contributed by atoms with Gasteiger partial charge in [-0.05, 0) is 41.9 Å². The van der Waals surface area contributed by atoms with Gasteiger partial charge in [-0.1, -0.05) is 0 Å². The summed E-state index contributed by atoms with van der Waals surface area (Å²) in [6.45, 7) is 3.10. The van der Waals surface area contributed by atoms with Crippen molar-refractivity contribution in [2.24, 2.45) is 0 Å². The average Bonchev–Trinajstić information content (AvgIpc) is 2.73. The Balaban J connectivity index is 1.63. The minimum Gasteiger partial charge on any atom is -0.493 e. The molecule has 0 saturated carbocycles. The monoisotopic (exact) mass is 402 g/mol. The van der Waals surface area contributed by atoms with E-state index < -0.39 is 0 Å². The fourth-order valence-corrected chi connectivity index (χ4v) is 3.65. The largest absolute Gasteiger partial charge is 0.493 e. The molecule has 0 N–H and O–H groups in total. The van der Waals surface area contributed by atoms with Gasteiger partial charge < -0.3 is 19.3 Å². The first-order valence-corrected chi connectivity index (χ1v) is 9.31. The number of piperazine rings is 1. The lowest BCUT2D eigenvalue weighted by Gasteiger charge is -2.37. The number of anilines is 2. The number of benzene rings is 2. The van der Waals surface area contributed by atoms with Crippen LogP contribution >= 0.6 is 11.6 Å². The molecule has 0 spiro atoms. The molecular formula is C20H20ClFN4O2. The highest BCUT2D eigenvalue weighted by molar-refractivity contribution is 6.28. The molecule has 1 fully saturated rings. The molecule has 1 aliphatic heterocycles. The second-order valence-electron chi connectivity index (χ2n) is 6.49. The molecule has 0 amide bonds. The lowest BCUT2D eigenvalue weighted by molar-refractivity contribution is 0.356. The number of nitrogens with zero attached hydrogens (tertiary/aromatic N) is 4. The molecule has 0 radical (unpaired) electrons. The molecule has 0 aliphatic carbocycles. The second-order valence-corrected chi connectivity index (χ2v) is 6.83. The van der Waals surface area contributed by atoms with Gasteiger partial charge in [-0.15, -0.1) is 0 Å². The SMILES string of the molecule is COc1cc2nc(Cl)nc(N3CCN(c4ccc(F)cc4)CC3)c2cc1OC. The lowest BCUT2D eigenvalue weighted by Crippen LogP contribution is -2.47. The van der Waals surface area contributed by atoms with E-state index in [0.717, 1.165) is 43.1 Å². The molecular weight excluding hydrogens is 383 g/mol. The normalized spacial score (nSPS) is 14.4. The molecule has 1 aliphatic rings. The van der Waals surface area contributed by atoms with E-state index in [1.165, 1.54) is 12.1 Å². The number of halogens is 2. The van der Waals surface area contributed by atoms with Crippen LogP contribution < -0.4 is 19.3 Å². The summed E-state index contributed by atoms with van der Waals surface area (Å²) in [4.78, 5) is 13.2. The molecule has 3 aromatic rings. The van der Waals surface area contributed by atoms with Crippen molar-refractivity contribution in [2.75, 3.05) is 50.2 Å². The van der Waals surface area contributed by atoms with Gasteiger partial charge in [0.2, 0.25) is 5.28 Å². The van der Waals surface area contributed by atoms with Crippen molar-refractivity contribution in [3.63, 3.8) is 0 Å². The molecule has 0 bridgehead atoms. The van der Waals surface area contributed by atoms with E-state index in [-0.39, 0.29) is 11.1 Å². The maximum atomic E-state index is 13.2. The molecule has 2 aromatic carbocycles. The van der Waals surface area contributed by atoms with Crippen molar-refractivity contribution in [1.82, 2.24) is 9.97 Å². The highest BCUT2D eigenvalue weighted by Gasteiger charge is 2.22. The van der Waals surface area contributed by atoms with Crippen molar-refractivity contribution in [2.45, 2.75) is 0 Å². The van der Waals surface area contributed by atoms with Gasteiger partial charge in [-0.2, -0.15) is 4.98 Å². The second kappa shape index (κ2) is 7.67. The number of hydrogen-bond donors (Lipinski definition) is 0. The fraction of sp³-hybridized carbons (Fsp3) is 0.300. The maximum absolute atomic E-state index is 13.2. The summed E-state index contributed by atoms with van der Waals surface area (Å²) in [6.07, 6.45) is 0. The molecule has 2 heterocycles. The Kier molecular flexibility index (Phi) is 5.09. The van der Waals surface area contributed by atoms with Crippen LogP contribution in [0.15, 0.2) is 36.4 Å². The van der Waals surface area contributed by atoms with Crippen LogP contribution in [0.2, 0.25) is 5.28 Å². The number of ether oxygens (including phenoxy) is 2. The molecule has 0 unspecified atom stereocenters. The standard InChI is InChI=1S/C20H20ClFN4O2/c1-27-17-11-15-16(12-18(17)28-2)23-20(21)24-19(15)26-9-7-25(8-10-26)14-5-3-13(22)4-6-14/h3-6,11-12H,7-10H2,1-2H3. The summed E-state index contributed by atoms with van der Waals surface area (Å²) in [6, 6.07) is 10.3. The zero-order chi connectivity index (χ0) is 19.7. The topological polar surface area (TPSA) is 50.7 Å². The molecule has 0 atom stereocenters. The molecule has 28 heavy (non-hydrogen) atoms. The Labute approximate surface area is 167 Å². The highest BCUT2D eigenvalue weighted by Crippen LogP contribution is 2.36. The number of aromatic nitrogens is 2. The minimum atomic E-state index is -0.228.